The molecule has 1 aliphatic rings. The Hall–Kier alpha value is -1.40. The molecule has 1 amide bonds. The van der Waals surface area contributed by atoms with Gasteiger partial charge in [-0.1, -0.05) is 5.16 Å². The highest BCUT2D eigenvalue weighted by Crippen LogP contribution is 2.25. The number of aliphatic hydroxyl groups is 2. The molecule has 6 heteroatoms. The summed E-state index contributed by atoms with van der Waals surface area (Å²) in [5.41, 5.74) is 1.81. The largest absolute Gasteiger partial charge is 0.396 e. The summed E-state index contributed by atoms with van der Waals surface area (Å²) in [6, 6.07) is -0.0423. The average molecular weight is 282 g/mol. The number of hydrogen-bond donors (Lipinski definition) is 3. The molecule has 6 nitrogen and oxygen atoms in total. The molecule has 1 heterocycles. The van der Waals surface area contributed by atoms with Crippen LogP contribution in [-0.4, -0.2) is 40.0 Å². The molecule has 1 aromatic heterocycles. The van der Waals surface area contributed by atoms with Crippen molar-refractivity contribution < 1.29 is 19.5 Å². The minimum absolute atomic E-state index is 0.0351. The lowest BCUT2D eigenvalue weighted by Crippen LogP contribution is -2.33. The van der Waals surface area contributed by atoms with Crippen molar-refractivity contribution in [3.63, 3.8) is 0 Å². The molecule has 0 unspecified atom stereocenters. The van der Waals surface area contributed by atoms with Gasteiger partial charge in [0.25, 0.3) is 0 Å². The van der Waals surface area contributed by atoms with Gasteiger partial charge >= 0.3 is 0 Å². The molecule has 112 valence electrons. The Bertz CT molecular complexity index is 452. The van der Waals surface area contributed by atoms with E-state index in [-0.39, 0.29) is 24.5 Å². The third-order valence-corrected chi connectivity index (χ3v) is 4.04. The topological polar surface area (TPSA) is 95.6 Å². The van der Waals surface area contributed by atoms with E-state index in [0.717, 1.165) is 17.0 Å². The van der Waals surface area contributed by atoms with Crippen LogP contribution in [0.2, 0.25) is 0 Å². The minimum atomic E-state index is -0.520. The van der Waals surface area contributed by atoms with Crippen LogP contribution in [0.1, 0.15) is 36.3 Å². The maximum atomic E-state index is 11.9. The summed E-state index contributed by atoms with van der Waals surface area (Å²) in [6.07, 6.45) is 1.61. The average Bonchev–Trinajstić information content (AvgIpc) is 2.91. The van der Waals surface area contributed by atoms with Crippen LogP contribution in [0.4, 0.5) is 0 Å². The van der Waals surface area contributed by atoms with Crippen molar-refractivity contribution in [1.29, 1.82) is 0 Å². The summed E-state index contributed by atoms with van der Waals surface area (Å²) in [5.74, 6) is 0.593. The normalized spacial score (nSPS) is 25.9. The molecule has 0 aromatic carbocycles. The highest BCUT2D eigenvalue weighted by atomic mass is 16.5. The van der Waals surface area contributed by atoms with Crippen molar-refractivity contribution >= 4 is 5.91 Å². The number of hydrogen-bond acceptors (Lipinski definition) is 5. The van der Waals surface area contributed by atoms with E-state index in [9.17, 15) is 9.90 Å². The van der Waals surface area contributed by atoms with E-state index in [1.54, 1.807) is 0 Å². The van der Waals surface area contributed by atoms with Crippen LogP contribution in [0.5, 0.6) is 0 Å². The molecule has 0 radical (unpaired) electrons. The van der Waals surface area contributed by atoms with Crippen molar-refractivity contribution in [3.05, 3.63) is 17.0 Å². The van der Waals surface area contributed by atoms with Crippen LogP contribution in [0.15, 0.2) is 4.52 Å². The van der Waals surface area contributed by atoms with Gasteiger partial charge in [-0.25, -0.2) is 0 Å². The number of carbonyl (C=O) groups is 1. The maximum absolute atomic E-state index is 11.9. The monoisotopic (exact) mass is 282 g/mol. The second-order valence-electron chi connectivity index (χ2n) is 5.55. The first-order valence-corrected chi connectivity index (χ1v) is 7.01. The first-order chi connectivity index (χ1) is 9.51. The van der Waals surface area contributed by atoms with Crippen molar-refractivity contribution in [2.24, 2.45) is 5.92 Å². The lowest BCUT2D eigenvalue weighted by Gasteiger charge is -2.12. The van der Waals surface area contributed by atoms with Crippen molar-refractivity contribution in [2.75, 3.05) is 6.61 Å². The summed E-state index contributed by atoms with van der Waals surface area (Å²) in [6.45, 7) is 3.67. The van der Waals surface area contributed by atoms with Gasteiger partial charge < -0.3 is 20.1 Å². The molecule has 1 fully saturated rings. The van der Waals surface area contributed by atoms with Gasteiger partial charge in [0.1, 0.15) is 5.76 Å². The molecule has 1 aliphatic carbocycles. The molecule has 2 rings (SSSR count). The Morgan fingerprint density at radius 2 is 2.20 bits per heavy atom. The van der Waals surface area contributed by atoms with E-state index in [1.165, 1.54) is 0 Å². The zero-order chi connectivity index (χ0) is 14.7. The predicted molar refractivity (Wildman–Crippen MR) is 72.0 cm³/mol. The molecule has 1 aromatic rings. The standard InChI is InChI=1S/C14H22N2O4/c1-8-12(9(2)20-16-8)3-4-14(19)15-11-5-10(7-17)13(18)6-11/h10-11,13,17-18H,3-7H2,1-2H3,(H,15,19)/t10-,11-,13-/m1/s1. The Morgan fingerprint density at radius 1 is 1.45 bits per heavy atom. The zero-order valence-corrected chi connectivity index (χ0v) is 11.9. The SMILES string of the molecule is Cc1noc(C)c1CCC(=O)N[C@@H]1C[C@H](CO)[C@H](O)C1. The van der Waals surface area contributed by atoms with Gasteiger partial charge in [0.2, 0.25) is 5.91 Å². The Morgan fingerprint density at radius 3 is 2.75 bits per heavy atom. The summed E-state index contributed by atoms with van der Waals surface area (Å²) in [7, 11) is 0. The van der Waals surface area contributed by atoms with Gasteiger partial charge in [0.15, 0.2) is 0 Å². The van der Waals surface area contributed by atoms with Crippen LogP contribution in [0.3, 0.4) is 0 Å². The molecule has 3 N–H and O–H groups in total. The number of aliphatic hydroxyl groups excluding tert-OH is 2. The number of carbonyl (C=O) groups excluding carboxylic acids is 1. The number of nitrogens with zero attached hydrogens (tertiary/aromatic N) is 1. The van der Waals surface area contributed by atoms with E-state index in [2.05, 4.69) is 10.5 Å². The highest BCUT2D eigenvalue weighted by Gasteiger charge is 2.33. The fourth-order valence-corrected chi connectivity index (χ4v) is 2.81. The van der Waals surface area contributed by atoms with E-state index < -0.39 is 6.10 Å². The highest BCUT2D eigenvalue weighted by molar-refractivity contribution is 5.76. The van der Waals surface area contributed by atoms with Crippen LogP contribution < -0.4 is 5.32 Å². The van der Waals surface area contributed by atoms with E-state index in [0.29, 0.717) is 25.7 Å². The van der Waals surface area contributed by atoms with Crippen LogP contribution in [-0.2, 0) is 11.2 Å². The van der Waals surface area contributed by atoms with Crippen molar-refractivity contribution in [3.8, 4) is 0 Å². The Balaban J connectivity index is 1.79. The van der Waals surface area contributed by atoms with Gasteiger partial charge in [-0.15, -0.1) is 0 Å². The lowest BCUT2D eigenvalue weighted by molar-refractivity contribution is -0.121. The summed E-state index contributed by atoms with van der Waals surface area (Å²) < 4.78 is 5.06. The maximum Gasteiger partial charge on any atom is 0.220 e. The molecular formula is C14H22N2O4. The summed E-state index contributed by atoms with van der Waals surface area (Å²) in [4.78, 5) is 11.9. The number of aromatic nitrogens is 1. The third kappa shape index (κ3) is 3.37. The number of amides is 1. The number of rotatable bonds is 5. The second kappa shape index (κ2) is 6.37. The van der Waals surface area contributed by atoms with E-state index in [4.69, 9.17) is 9.63 Å². The summed E-state index contributed by atoms with van der Waals surface area (Å²) >= 11 is 0. The smallest absolute Gasteiger partial charge is 0.220 e. The Labute approximate surface area is 118 Å². The third-order valence-electron chi connectivity index (χ3n) is 4.04. The molecule has 0 bridgehead atoms. The Kier molecular flexibility index (Phi) is 4.77. The van der Waals surface area contributed by atoms with Crippen LogP contribution in [0.25, 0.3) is 0 Å². The van der Waals surface area contributed by atoms with Crippen LogP contribution >= 0.6 is 0 Å². The molecule has 0 saturated heterocycles. The summed E-state index contributed by atoms with van der Waals surface area (Å²) in [5, 5.41) is 25.6. The molecule has 3 atom stereocenters. The van der Waals surface area contributed by atoms with Crippen LogP contribution in [0, 0.1) is 19.8 Å². The molecular weight excluding hydrogens is 260 g/mol. The van der Waals surface area contributed by atoms with Crippen molar-refractivity contribution in [2.45, 2.75) is 51.7 Å². The second-order valence-corrected chi connectivity index (χ2v) is 5.55. The van der Waals surface area contributed by atoms with Gasteiger partial charge in [0.05, 0.1) is 11.8 Å². The van der Waals surface area contributed by atoms with Gasteiger partial charge in [0, 0.05) is 30.6 Å². The molecule has 0 aliphatic heterocycles. The fourth-order valence-electron chi connectivity index (χ4n) is 2.81. The van der Waals surface area contributed by atoms with Gasteiger partial charge in [-0.05, 0) is 33.1 Å². The quantitative estimate of drug-likeness (QED) is 0.729. The molecule has 0 spiro atoms. The first-order valence-electron chi connectivity index (χ1n) is 7.01. The zero-order valence-electron chi connectivity index (χ0n) is 11.9. The lowest BCUT2D eigenvalue weighted by atomic mass is 10.1. The van der Waals surface area contributed by atoms with Gasteiger partial charge in [-0.3, -0.25) is 4.79 Å². The van der Waals surface area contributed by atoms with E-state index >= 15 is 0 Å². The fraction of sp³-hybridized carbons (Fsp3) is 0.714. The van der Waals surface area contributed by atoms with Gasteiger partial charge in [-0.2, -0.15) is 0 Å². The van der Waals surface area contributed by atoms with E-state index in [1.807, 2.05) is 13.8 Å². The minimum Gasteiger partial charge on any atom is -0.396 e. The molecule has 20 heavy (non-hydrogen) atoms. The molecule has 1 saturated carbocycles. The first kappa shape index (κ1) is 15.0. The van der Waals surface area contributed by atoms with Crippen molar-refractivity contribution in [1.82, 2.24) is 10.5 Å². The predicted octanol–water partition coefficient (Wildman–Crippen LogP) is 0.472. The number of nitrogens with one attached hydrogen (secondary N) is 1. The number of aryl methyl sites for hydroxylation is 2.